The molecule has 3 rings (SSSR count). The number of benzene rings is 1. The van der Waals surface area contributed by atoms with Gasteiger partial charge in [-0.15, -0.1) is 0 Å². The number of aryl methyl sites for hydroxylation is 1. The van der Waals surface area contributed by atoms with Gasteiger partial charge in [0.2, 0.25) is 5.82 Å². The van der Waals surface area contributed by atoms with E-state index in [1.54, 1.807) is 26.2 Å². The second-order valence-corrected chi connectivity index (χ2v) is 8.98. The number of hydrogen-bond donors (Lipinski definition) is 0. The fourth-order valence-electron chi connectivity index (χ4n) is 2.57. The van der Waals surface area contributed by atoms with Gasteiger partial charge in [-0.05, 0) is 25.1 Å². The first-order valence-electron chi connectivity index (χ1n) is 8.26. The largest absolute Gasteiger partial charge is 0.465 e. The van der Waals surface area contributed by atoms with E-state index in [4.69, 9.17) is 4.74 Å². The highest BCUT2D eigenvalue weighted by molar-refractivity contribution is 7.90. The van der Waals surface area contributed by atoms with E-state index in [0.717, 1.165) is 17.6 Å². The molecule has 28 heavy (non-hydrogen) atoms. The van der Waals surface area contributed by atoms with Crippen molar-refractivity contribution < 1.29 is 22.7 Å². The number of thiazole rings is 1. The summed E-state index contributed by atoms with van der Waals surface area (Å²) in [5.41, 5.74) is 0.580. The monoisotopic (exact) mass is 422 g/mol. The molecule has 0 saturated carbocycles. The molecule has 0 fully saturated rings. The zero-order chi connectivity index (χ0) is 20.5. The van der Waals surface area contributed by atoms with Crippen molar-refractivity contribution in [2.45, 2.75) is 18.4 Å². The Morgan fingerprint density at radius 3 is 2.68 bits per heavy atom. The highest BCUT2D eigenvalue weighted by atomic mass is 32.2. The van der Waals surface area contributed by atoms with Gasteiger partial charge in [0.05, 0.1) is 21.7 Å². The van der Waals surface area contributed by atoms with Gasteiger partial charge in [0.25, 0.3) is 0 Å². The molecule has 0 spiro atoms. The quantitative estimate of drug-likeness (QED) is 0.570. The molecule has 2 heterocycles. The van der Waals surface area contributed by atoms with E-state index in [2.05, 4.69) is 9.98 Å². The summed E-state index contributed by atoms with van der Waals surface area (Å²) in [6.45, 7) is 1.76. The number of rotatable bonds is 5. The van der Waals surface area contributed by atoms with Crippen LogP contribution in [0.4, 0.5) is 0 Å². The van der Waals surface area contributed by atoms with E-state index in [0.29, 0.717) is 10.2 Å². The first-order chi connectivity index (χ1) is 13.2. The molecule has 0 atom stereocenters. The third kappa shape index (κ3) is 4.04. The maximum Gasteiger partial charge on any atom is 0.326 e. The SMILES string of the molecule is CCOC(=O)Cn1c(=NC(=O)c2nccn2C)sc2cc(S(C)(=O)=O)ccc21. The van der Waals surface area contributed by atoms with Crippen LogP contribution in [-0.2, 0) is 33.0 Å². The van der Waals surface area contributed by atoms with Crippen molar-refractivity contribution >= 4 is 43.3 Å². The van der Waals surface area contributed by atoms with E-state index < -0.39 is 21.7 Å². The lowest BCUT2D eigenvalue weighted by Gasteiger charge is -2.05. The summed E-state index contributed by atoms with van der Waals surface area (Å²) in [6.07, 6.45) is 4.22. The molecular weight excluding hydrogens is 404 g/mol. The Balaban J connectivity index is 2.18. The van der Waals surface area contributed by atoms with Crippen LogP contribution in [0.2, 0.25) is 0 Å². The van der Waals surface area contributed by atoms with Crippen molar-refractivity contribution in [2.24, 2.45) is 12.0 Å². The van der Waals surface area contributed by atoms with Crippen LogP contribution in [-0.4, -0.2) is 47.3 Å². The van der Waals surface area contributed by atoms with E-state index in [1.807, 2.05) is 0 Å². The lowest BCUT2D eigenvalue weighted by Crippen LogP contribution is -2.23. The Bertz CT molecular complexity index is 1230. The van der Waals surface area contributed by atoms with E-state index in [9.17, 15) is 18.0 Å². The fourth-order valence-corrected chi connectivity index (χ4v) is 4.36. The van der Waals surface area contributed by atoms with Crippen LogP contribution >= 0.6 is 11.3 Å². The van der Waals surface area contributed by atoms with E-state index in [-0.39, 0.29) is 28.7 Å². The average Bonchev–Trinajstić information content (AvgIpc) is 3.18. The molecule has 0 aliphatic carbocycles. The molecule has 1 aromatic carbocycles. The summed E-state index contributed by atoms with van der Waals surface area (Å²) in [5.74, 6) is -0.905. The fraction of sp³-hybridized carbons (Fsp3) is 0.294. The van der Waals surface area contributed by atoms with Crippen LogP contribution in [0.1, 0.15) is 17.5 Å². The summed E-state index contributed by atoms with van der Waals surface area (Å²) in [6, 6.07) is 4.54. The van der Waals surface area contributed by atoms with Crippen LogP contribution in [0.15, 0.2) is 40.5 Å². The molecule has 0 N–H and O–H groups in total. The first-order valence-corrected chi connectivity index (χ1v) is 11.0. The molecule has 0 bridgehead atoms. The predicted molar refractivity (Wildman–Crippen MR) is 103 cm³/mol. The lowest BCUT2D eigenvalue weighted by atomic mass is 10.3. The van der Waals surface area contributed by atoms with E-state index >= 15 is 0 Å². The Morgan fingerprint density at radius 1 is 1.32 bits per heavy atom. The van der Waals surface area contributed by atoms with Gasteiger partial charge in [-0.25, -0.2) is 13.4 Å². The summed E-state index contributed by atoms with van der Waals surface area (Å²) in [4.78, 5) is 33.0. The van der Waals surface area contributed by atoms with Gasteiger partial charge in [0, 0.05) is 25.7 Å². The molecule has 0 saturated heterocycles. The number of sulfone groups is 1. The lowest BCUT2D eigenvalue weighted by molar-refractivity contribution is -0.143. The zero-order valence-corrected chi connectivity index (χ0v) is 17.1. The molecular formula is C17H18N4O5S2. The topological polar surface area (TPSA) is 113 Å². The number of aromatic nitrogens is 3. The Labute approximate surface area is 164 Å². The molecule has 2 aromatic heterocycles. The van der Waals surface area contributed by atoms with Gasteiger partial charge in [0.15, 0.2) is 14.6 Å². The van der Waals surface area contributed by atoms with Crippen molar-refractivity contribution in [2.75, 3.05) is 12.9 Å². The summed E-state index contributed by atoms with van der Waals surface area (Å²) >= 11 is 1.11. The average molecular weight is 422 g/mol. The predicted octanol–water partition coefficient (Wildman–Crippen LogP) is 1.14. The number of nitrogens with zero attached hydrogens (tertiary/aromatic N) is 4. The van der Waals surface area contributed by atoms with Crippen molar-refractivity contribution in [3.05, 3.63) is 41.2 Å². The van der Waals surface area contributed by atoms with Gasteiger partial charge in [0.1, 0.15) is 6.54 Å². The molecule has 148 valence electrons. The number of esters is 1. The van der Waals surface area contributed by atoms with Crippen molar-refractivity contribution in [3.63, 3.8) is 0 Å². The molecule has 0 aliphatic heterocycles. The number of amides is 1. The summed E-state index contributed by atoms with van der Waals surface area (Å²) < 4.78 is 32.3. The Kier molecular flexibility index (Phi) is 5.47. The van der Waals surface area contributed by atoms with E-state index in [1.165, 1.54) is 27.5 Å². The van der Waals surface area contributed by atoms with Crippen LogP contribution in [0.3, 0.4) is 0 Å². The molecule has 9 nitrogen and oxygen atoms in total. The van der Waals surface area contributed by atoms with Crippen LogP contribution in [0.5, 0.6) is 0 Å². The second-order valence-electron chi connectivity index (χ2n) is 5.96. The van der Waals surface area contributed by atoms with Crippen molar-refractivity contribution in [1.29, 1.82) is 0 Å². The molecule has 11 heteroatoms. The third-order valence-corrected chi connectivity index (χ3v) is 6.04. The number of fused-ring (bicyclic) bond motifs is 1. The normalized spacial score (nSPS) is 12.5. The number of carbonyl (C=O) groups is 2. The van der Waals surface area contributed by atoms with Gasteiger partial charge in [-0.2, -0.15) is 4.99 Å². The Hall–Kier alpha value is -2.79. The smallest absolute Gasteiger partial charge is 0.326 e. The molecule has 1 amide bonds. The van der Waals surface area contributed by atoms with Gasteiger partial charge >= 0.3 is 11.9 Å². The number of hydrogen-bond acceptors (Lipinski definition) is 7. The molecule has 0 aliphatic rings. The number of imidazole rings is 1. The molecule has 0 unspecified atom stereocenters. The molecule has 0 radical (unpaired) electrons. The van der Waals surface area contributed by atoms with Crippen LogP contribution < -0.4 is 4.80 Å². The van der Waals surface area contributed by atoms with Crippen molar-refractivity contribution in [3.8, 4) is 0 Å². The second kappa shape index (κ2) is 7.68. The standard InChI is InChI=1S/C17H18N4O5S2/c1-4-26-14(22)10-21-12-6-5-11(28(3,24)25)9-13(12)27-17(21)19-16(23)15-18-7-8-20(15)2/h5-9H,4,10H2,1-3H3. The third-order valence-electron chi connectivity index (χ3n) is 3.88. The minimum absolute atomic E-state index is 0.145. The summed E-state index contributed by atoms with van der Waals surface area (Å²) in [5, 5.41) is 0. The van der Waals surface area contributed by atoms with Gasteiger partial charge in [-0.1, -0.05) is 11.3 Å². The van der Waals surface area contributed by atoms with Gasteiger partial charge < -0.3 is 13.9 Å². The minimum atomic E-state index is -3.40. The molecule has 3 aromatic rings. The van der Waals surface area contributed by atoms with Crippen LogP contribution in [0.25, 0.3) is 10.2 Å². The maximum atomic E-state index is 12.5. The minimum Gasteiger partial charge on any atom is -0.465 e. The Morgan fingerprint density at radius 2 is 2.07 bits per heavy atom. The number of carbonyl (C=O) groups excluding carboxylic acids is 2. The highest BCUT2D eigenvalue weighted by Gasteiger charge is 2.16. The first kappa shape index (κ1) is 20.0. The summed E-state index contributed by atoms with van der Waals surface area (Å²) in [7, 11) is -1.73. The van der Waals surface area contributed by atoms with Gasteiger partial charge in [-0.3, -0.25) is 9.59 Å². The van der Waals surface area contributed by atoms with Crippen molar-refractivity contribution in [1.82, 2.24) is 14.1 Å². The number of ether oxygens (including phenoxy) is 1. The maximum absolute atomic E-state index is 12.5. The van der Waals surface area contributed by atoms with Crippen LogP contribution in [0, 0.1) is 0 Å². The zero-order valence-electron chi connectivity index (χ0n) is 15.4. The highest BCUT2D eigenvalue weighted by Crippen LogP contribution is 2.22.